The molecular weight excluding hydrogens is 191 g/mol. The molecule has 0 aromatic carbocycles. The average molecular weight is 206 g/mol. The number of Topliss-reactive ketones (excluding diaryl/α,β-unsaturated/α-hetero) is 1. The number of carbonyl (C=O) groups excluding carboxylic acids is 1. The van der Waals surface area contributed by atoms with Crippen LogP contribution in [0.4, 0.5) is 0 Å². The SMILES string of the molecule is CC1(C)C(=O)C2C(C1[O-])C2(C)C.[K+]. The molecule has 0 bridgehead atoms. The number of ketones is 1. The predicted molar refractivity (Wildman–Crippen MR) is 43.3 cm³/mol. The van der Waals surface area contributed by atoms with Gasteiger partial charge in [-0.3, -0.25) is 4.79 Å². The Hall–Kier alpha value is 1.27. The number of carbonyl (C=O) groups is 1. The van der Waals surface area contributed by atoms with Crippen molar-refractivity contribution in [1.29, 1.82) is 0 Å². The Balaban J connectivity index is 0.000000845. The summed E-state index contributed by atoms with van der Waals surface area (Å²) < 4.78 is 0. The first kappa shape index (κ1) is 12.3. The molecule has 3 atom stereocenters. The zero-order valence-corrected chi connectivity index (χ0v) is 12.2. The molecule has 0 aromatic heterocycles. The maximum Gasteiger partial charge on any atom is 1.00 e. The van der Waals surface area contributed by atoms with E-state index in [1.54, 1.807) is 13.8 Å². The fraction of sp³-hybridized carbons (Fsp3) is 0.900. The zero-order chi connectivity index (χ0) is 9.31. The molecule has 0 aromatic rings. The van der Waals surface area contributed by atoms with Gasteiger partial charge in [0, 0.05) is 11.3 Å². The molecule has 0 saturated heterocycles. The van der Waals surface area contributed by atoms with Crippen molar-refractivity contribution in [3.05, 3.63) is 0 Å². The molecule has 13 heavy (non-hydrogen) atoms. The van der Waals surface area contributed by atoms with Crippen molar-refractivity contribution >= 4 is 5.78 Å². The van der Waals surface area contributed by atoms with Gasteiger partial charge in [0.05, 0.1) is 0 Å². The Morgan fingerprint density at radius 3 is 1.92 bits per heavy atom. The van der Waals surface area contributed by atoms with Crippen LogP contribution in [0.15, 0.2) is 0 Å². The van der Waals surface area contributed by atoms with Crippen LogP contribution in [0.5, 0.6) is 0 Å². The van der Waals surface area contributed by atoms with Gasteiger partial charge in [-0.1, -0.05) is 27.7 Å². The van der Waals surface area contributed by atoms with Crippen molar-refractivity contribution in [2.75, 3.05) is 0 Å². The van der Waals surface area contributed by atoms with Crippen molar-refractivity contribution in [3.63, 3.8) is 0 Å². The Kier molecular flexibility index (Phi) is 2.97. The molecule has 0 radical (unpaired) electrons. The van der Waals surface area contributed by atoms with Crippen molar-refractivity contribution < 1.29 is 61.3 Å². The van der Waals surface area contributed by atoms with Crippen LogP contribution in [-0.2, 0) is 4.79 Å². The topological polar surface area (TPSA) is 40.1 Å². The van der Waals surface area contributed by atoms with E-state index >= 15 is 0 Å². The van der Waals surface area contributed by atoms with Crippen LogP contribution in [0.2, 0.25) is 0 Å². The first-order valence-electron chi connectivity index (χ1n) is 4.51. The molecular formula is C10H15KO2. The van der Waals surface area contributed by atoms with Gasteiger partial charge >= 0.3 is 51.4 Å². The van der Waals surface area contributed by atoms with Crippen LogP contribution < -0.4 is 56.5 Å². The summed E-state index contributed by atoms with van der Waals surface area (Å²) in [4.78, 5) is 11.7. The summed E-state index contributed by atoms with van der Waals surface area (Å²) in [5, 5.41) is 11.8. The van der Waals surface area contributed by atoms with Crippen molar-refractivity contribution in [3.8, 4) is 0 Å². The van der Waals surface area contributed by atoms with Crippen molar-refractivity contribution in [2.45, 2.75) is 33.8 Å². The Labute approximate surface area is 122 Å². The monoisotopic (exact) mass is 206 g/mol. The van der Waals surface area contributed by atoms with Gasteiger partial charge in [-0.25, -0.2) is 0 Å². The minimum Gasteiger partial charge on any atom is -0.851 e. The fourth-order valence-corrected chi connectivity index (χ4v) is 2.73. The molecule has 0 N–H and O–H groups in total. The zero-order valence-electron chi connectivity index (χ0n) is 9.05. The van der Waals surface area contributed by atoms with E-state index in [9.17, 15) is 9.90 Å². The summed E-state index contributed by atoms with van der Waals surface area (Å²) >= 11 is 0. The second kappa shape index (κ2) is 3.13. The van der Waals surface area contributed by atoms with Gasteiger partial charge in [0.25, 0.3) is 0 Å². The van der Waals surface area contributed by atoms with E-state index in [-0.39, 0.29) is 74.4 Å². The van der Waals surface area contributed by atoms with Crippen molar-refractivity contribution in [1.82, 2.24) is 0 Å². The largest absolute Gasteiger partial charge is 1.00 e. The summed E-state index contributed by atoms with van der Waals surface area (Å²) in [6, 6.07) is 0. The summed E-state index contributed by atoms with van der Waals surface area (Å²) in [6.45, 7) is 7.63. The van der Waals surface area contributed by atoms with Gasteiger partial charge in [-0.15, -0.1) is 6.10 Å². The molecule has 0 spiro atoms. The molecule has 68 valence electrons. The van der Waals surface area contributed by atoms with Crippen LogP contribution in [-0.4, -0.2) is 11.9 Å². The minimum atomic E-state index is -0.676. The van der Waals surface area contributed by atoms with Crippen LogP contribution in [0, 0.1) is 22.7 Å². The van der Waals surface area contributed by atoms with E-state index < -0.39 is 11.5 Å². The van der Waals surface area contributed by atoms with Gasteiger partial charge < -0.3 is 5.11 Å². The number of fused-ring (bicyclic) bond motifs is 1. The average Bonchev–Trinajstić information content (AvgIpc) is 2.42. The molecule has 0 amide bonds. The second-order valence-electron chi connectivity index (χ2n) is 5.33. The number of rotatable bonds is 0. The van der Waals surface area contributed by atoms with E-state index in [0.717, 1.165) is 0 Å². The van der Waals surface area contributed by atoms with Crippen molar-refractivity contribution in [2.24, 2.45) is 22.7 Å². The summed E-state index contributed by atoms with van der Waals surface area (Å²) in [5.74, 6) is 0.368. The third-order valence-electron chi connectivity index (χ3n) is 3.87. The Bertz CT molecular complexity index is 258. The van der Waals surface area contributed by atoms with E-state index in [0.29, 0.717) is 0 Å². The third-order valence-corrected chi connectivity index (χ3v) is 3.87. The molecule has 2 rings (SSSR count). The molecule has 2 fully saturated rings. The quantitative estimate of drug-likeness (QED) is 0.415. The second-order valence-corrected chi connectivity index (χ2v) is 5.33. The summed E-state index contributed by atoms with van der Waals surface area (Å²) in [7, 11) is 0. The van der Waals surface area contributed by atoms with Crippen LogP contribution >= 0.6 is 0 Å². The molecule has 3 heteroatoms. The van der Waals surface area contributed by atoms with Gasteiger partial charge in [-0.2, -0.15) is 0 Å². The summed E-state index contributed by atoms with van der Waals surface area (Å²) in [5.41, 5.74) is -0.607. The normalized spacial score (nSPS) is 43.8. The van der Waals surface area contributed by atoms with Crippen LogP contribution in [0.25, 0.3) is 0 Å². The third kappa shape index (κ3) is 1.35. The smallest absolute Gasteiger partial charge is 0.851 e. The summed E-state index contributed by atoms with van der Waals surface area (Å²) in [6.07, 6.45) is -0.676. The standard InChI is InChI=1S/C10H15O2.K/c1-9(2)5-6(9)8(12)10(3,4)7(5)11;/h5-7H,1-4H3;/q-1;+1. The molecule has 0 heterocycles. The Morgan fingerprint density at radius 1 is 1.23 bits per heavy atom. The molecule has 0 aliphatic heterocycles. The molecule has 2 saturated carbocycles. The maximum absolute atomic E-state index is 11.8. The predicted octanol–water partition coefficient (Wildman–Crippen LogP) is -2.40. The van der Waals surface area contributed by atoms with Crippen LogP contribution in [0.1, 0.15) is 27.7 Å². The van der Waals surface area contributed by atoms with Gasteiger partial charge in [0.15, 0.2) is 0 Å². The maximum atomic E-state index is 11.8. The van der Waals surface area contributed by atoms with Gasteiger partial charge in [0.1, 0.15) is 5.78 Å². The Morgan fingerprint density at radius 2 is 1.69 bits per heavy atom. The van der Waals surface area contributed by atoms with E-state index in [1.807, 2.05) is 13.8 Å². The first-order valence-corrected chi connectivity index (χ1v) is 4.51. The fourth-order valence-electron chi connectivity index (χ4n) is 2.73. The molecule has 3 unspecified atom stereocenters. The van der Waals surface area contributed by atoms with E-state index in [1.165, 1.54) is 0 Å². The minimum absolute atomic E-state index is 0. The van der Waals surface area contributed by atoms with Gasteiger partial charge in [-0.05, 0) is 11.3 Å². The molecule has 2 aliphatic carbocycles. The number of hydrogen-bond donors (Lipinski definition) is 0. The first-order chi connectivity index (χ1) is 5.31. The molecule has 2 aliphatic rings. The molecule has 2 nitrogen and oxygen atoms in total. The van der Waals surface area contributed by atoms with Gasteiger partial charge in [0.2, 0.25) is 0 Å². The number of hydrogen-bond acceptors (Lipinski definition) is 2. The van der Waals surface area contributed by atoms with E-state index in [4.69, 9.17) is 0 Å². The van der Waals surface area contributed by atoms with Crippen LogP contribution in [0.3, 0.4) is 0 Å². The van der Waals surface area contributed by atoms with E-state index in [2.05, 4.69) is 0 Å².